The molecule has 0 aliphatic carbocycles. The lowest BCUT2D eigenvalue weighted by molar-refractivity contribution is 0.0696. The van der Waals surface area contributed by atoms with E-state index in [9.17, 15) is 4.79 Å². The lowest BCUT2D eigenvalue weighted by Gasteiger charge is -1.97. The Labute approximate surface area is 86.6 Å². The van der Waals surface area contributed by atoms with E-state index in [1.165, 1.54) is 24.0 Å². The number of carbonyl (C=O) groups is 1. The van der Waals surface area contributed by atoms with Crippen LogP contribution in [0.4, 0.5) is 0 Å². The lowest BCUT2D eigenvalue weighted by Crippen LogP contribution is -1.96. The molecule has 14 heavy (non-hydrogen) atoms. The Morgan fingerprint density at radius 1 is 1.71 bits per heavy atom. The van der Waals surface area contributed by atoms with Crippen LogP contribution in [0.3, 0.4) is 0 Å². The minimum Gasteiger partial charge on any atom is -0.478 e. The molecule has 0 fully saturated rings. The van der Waals surface area contributed by atoms with Gasteiger partial charge in [-0.1, -0.05) is 17.7 Å². The van der Waals surface area contributed by atoms with Gasteiger partial charge in [-0.2, -0.15) is 0 Å². The number of rotatable bonds is 3. The third-order valence-corrected chi connectivity index (χ3v) is 2.26. The first kappa shape index (κ1) is 10.6. The van der Waals surface area contributed by atoms with Gasteiger partial charge < -0.3 is 5.11 Å². The average molecular weight is 207 g/mol. The van der Waals surface area contributed by atoms with Gasteiger partial charge in [-0.15, -0.1) is 5.92 Å². The molecule has 0 aromatic carbocycles. The van der Waals surface area contributed by atoms with Gasteiger partial charge in [0.1, 0.15) is 0 Å². The van der Waals surface area contributed by atoms with Gasteiger partial charge >= 0.3 is 5.97 Å². The summed E-state index contributed by atoms with van der Waals surface area (Å²) in [6.45, 7) is 1.77. The molecule has 1 rings (SSSR count). The van der Waals surface area contributed by atoms with Crippen LogP contribution >= 0.6 is 11.8 Å². The van der Waals surface area contributed by atoms with Crippen LogP contribution in [-0.2, 0) is 0 Å². The van der Waals surface area contributed by atoms with Crippen molar-refractivity contribution in [1.82, 2.24) is 4.98 Å². The van der Waals surface area contributed by atoms with Crippen molar-refractivity contribution in [1.29, 1.82) is 0 Å². The molecule has 3 nitrogen and oxygen atoms in total. The number of thioether (sulfide) groups is 1. The molecule has 0 saturated carbocycles. The van der Waals surface area contributed by atoms with E-state index in [1.54, 1.807) is 13.0 Å². The number of carboxylic acid groups (broad SMARTS) is 1. The fourth-order valence-electron chi connectivity index (χ4n) is 0.804. The molecular weight excluding hydrogens is 198 g/mol. The molecule has 0 aliphatic rings. The Balaban J connectivity index is 2.71. The summed E-state index contributed by atoms with van der Waals surface area (Å²) in [5, 5.41) is 9.40. The maximum Gasteiger partial charge on any atom is 0.335 e. The maximum absolute atomic E-state index is 10.6. The molecule has 0 spiro atoms. The predicted molar refractivity (Wildman–Crippen MR) is 55.4 cm³/mol. The minimum absolute atomic E-state index is 0.256. The molecule has 1 heterocycles. The summed E-state index contributed by atoms with van der Waals surface area (Å²) in [7, 11) is 0. The van der Waals surface area contributed by atoms with Crippen molar-refractivity contribution in [3.63, 3.8) is 0 Å². The summed E-state index contributed by atoms with van der Waals surface area (Å²) < 4.78 is 0. The number of carboxylic acids is 1. The fraction of sp³-hybridized carbons (Fsp3) is 0.200. The first-order chi connectivity index (χ1) is 6.74. The zero-order valence-electron chi connectivity index (χ0n) is 7.65. The van der Waals surface area contributed by atoms with Crippen LogP contribution in [-0.4, -0.2) is 21.8 Å². The first-order valence-electron chi connectivity index (χ1n) is 3.96. The number of aromatic carboxylic acids is 1. The van der Waals surface area contributed by atoms with Crippen LogP contribution in [0.5, 0.6) is 0 Å². The van der Waals surface area contributed by atoms with Crippen LogP contribution in [0.1, 0.15) is 17.3 Å². The van der Waals surface area contributed by atoms with E-state index in [4.69, 9.17) is 5.11 Å². The third kappa shape index (κ3) is 3.11. The van der Waals surface area contributed by atoms with Gasteiger partial charge in [0.2, 0.25) is 0 Å². The van der Waals surface area contributed by atoms with Crippen LogP contribution in [0, 0.1) is 11.8 Å². The maximum atomic E-state index is 10.6. The predicted octanol–water partition coefficient (Wildman–Crippen LogP) is 1.90. The molecule has 1 aromatic rings. The third-order valence-electron chi connectivity index (χ3n) is 1.45. The van der Waals surface area contributed by atoms with Crippen molar-refractivity contribution < 1.29 is 9.90 Å². The highest BCUT2D eigenvalue weighted by atomic mass is 32.2. The van der Waals surface area contributed by atoms with Crippen LogP contribution in [0.15, 0.2) is 23.4 Å². The van der Waals surface area contributed by atoms with E-state index in [0.29, 0.717) is 10.8 Å². The van der Waals surface area contributed by atoms with Crippen LogP contribution in [0.2, 0.25) is 0 Å². The standard InChI is InChI=1S/C10H9NO2S/c1-2-3-6-14-9-7-8(10(12)13)4-5-11-9/h4-5,7H,6H2,1H3,(H,12,13). The largest absolute Gasteiger partial charge is 0.478 e. The molecule has 1 aromatic heterocycles. The number of hydrogen-bond acceptors (Lipinski definition) is 3. The minimum atomic E-state index is -0.934. The monoisotopic (exact) mass is 207 g/mol. The molecule has 72 valence electrons. The normalized spacial score (nSPS) is 8.93. The molecule has 0 atom stereocenters. The van der Waals surface area contributed by atoms with Gasteiger partial charge in [-0.25, -0.2) is 9.78 Å². The fourth-order valence-corrected chi connectivity index (χ4v) is 1.51. The molecule has 0 aliphatic heterocycles. The topological polar surface area (TPSA) is 50.2 Å². The average Bonchev–Trinajstić information content (AvgIpc) is 2.19. The summed E-state index contributed by atoms with van der Waals surface area (Å²) in [5.41, 5.74) is 0.256. The Morgan fingerprint density at radius 2 is 2.50 bits per heavy atom. The van der Waals surface area contributed by atoms with Gasteiger partial charge in [0.25, 0.3) is 0 Å². The summed E-state index contributed by atoms with van der Waals surface area (Å²) in [6, 6.07) is 3.02. The highest BCUT2D eigenvalue weighted by molar-refractivity contribution is 7.99. The number of nitrogens with zero attached hydrogens (tertiary/aromatic N) is 1. The molecule has 0 radical (unpaired) electrons. The van der Waals surface area contributed by atoms with Gasteiger partial charge in [0.05, 0.1) is 16.3 Å². The van der Waals surface area contributed by atoms with E-state index < -0.39 is 5.97 Å². The SMILES string of the molecule is CC#CCSc1cc(C(=O)O)ccn1. The van der Waals surface area contributed by atoms with E-state index in [0.717, 1.165) is 0 Å². The number of pyridine rings is 1. The van der Waals surface area contributed by atoms with Crippen molar-refractivity contribution in [2.45, 2.75) is 11.9 Å². The zero-order chi connectivity index (χ0) is 10.4. The molecule has 0 unspecified atom stereocenters. The summed E-state index contributed by atoms with van der Waals surface area (Å²) in [5.74, 6) is 5.33. The van der Waals surface area contributed by atoms with E-state index in [2.05, 4.69) is 16.8 Å². The van der Waals surface area contributed by atoms with Crippen LogP contribution in [0.25, 0.3) is 0 Å². The van der Waals surface area contributed by atoms with Crippen molar-refractivity contribution in [3.8, 4) is 11.8 Å². The van der Waals surface area contributed by atoms with E-state index in [-0.39, 0.29) is 5.56 Å². The summed E-state index contributed by atoms with van der Waals surface area (Å²) in [6.07, 6.45) is 1.49. The number of hydrogen-bond donors (Lipinski definition) is 1. The van der Waals surface area contributed by atoms with E-state index in [1.807, 2.05) is 0 Å². The Hall–Kier alpha value is -1.47. The van der Waals surface area contributed by atoms with Crippen molar-refractivity contribution >= 4 is 17.7 Å². The lowest BCUT2D eigenvalue weighted by atomic mass is 10.3. The molecule has 0 bridgehead atoms. The van der Waals surface area contributed by atoms with Crippen LogP contribution < -0.4 is 0 Å². The quantitative estimate of drug-likeness (QED) is 0.607. The summed E-state index contributed by atoms with van der Waals surface area (Å²) >= 11 is 1.43. The summed E-state index contributed by atoms with van der Waals surface area (Å²) in [4.78, 5) is 14.6. The second-order valence-corrected chi connectivity index (χ2v) is 3.40. The molecule has 1 N–H and O–H groups in total. The van der Waals surface area contributed by atoms with Crippen molar-refractivity contribution in [2.75, 3.05) is 5.75 Å². The second-order valence-electron chi connectivity index (χ2n) is 2.40. The Kier molecular flexibility index (Phi) is 4.02. The first-order valence-corrected chi connectivity index (χ1v) is 4.94. The second kappa shape index (κ2) is 5.30. The number of aromatic nitrogens is 1. The molecule has 4 heteroatoms. The van der Waals surface area contributed by atoms with Gasteiger partial charge in [0.15, 0.2) is 0 Å². The Morgan fingerprint density at radius 3 is 3.14 bits per heavy atom. The van der Waals surface area contributed by atoms with Crippen molar-refractivity contribution in [3.05, 3.63) is 23.9 Å². The smallest absolute Gasteiger partial charge is 0.335 e. The zero-order valence-corrected chi connectivity index (χ0v) is 8.47. The van der Waals surface area contributed by atoms with Gasteiger partial charge in [-0.3, -0.25) is 0 Å². The van der Waals surface area contributed by atoms with Gasteiger partial charge in [-0.05, 0) is 19.1 Å². The van der Waals surface area contributed by atoms with E-state index >= 15 is 0 Å². The molecule has 0 amide bonds. The highest BCUT2D eigenvalue weighted by Crippen LogP contribution is 2.15. The van der Waals surface area contributed by atoms with Crippen molar-refractivity contribution in [2.24, 2.45) is 0 Å². The molecule has 0 saturated heterocycles. The molecular formula is C10H9NO2S. The Bertz CT molecular complexity index is 393. The van der Waals surface area contributed by atoms with Gasteiger partial charge in [0, 0.05) is 6.20 Å². The highest BCUT2D eigenvalue weighted by Gasteiger charge is 2.03.